The fraction of sp³-hybridized carbons (Fsp3) is 0.333. The number of hydrogen-bond acceptors (Lipinski definition) is 2. The Morgan fingerprint density at radius 2 is 2.36 bits per heavy atom. The van der Waals surface area contributed by atoms with Gasteiger partial charge in [-0.05, 0) is 0 Å². The molecule has 0 saturated heterocycles. The van der Waals surface area contributed by atoms with E-state index in [-0.39, 0.29) is 11.7 Å². The Bertz CT molecular complexity index is 216. The molecular weight excluding hydrogens is 140 g/mol. The van der Waals surface area contributed by atoms with Crippen molar-refractivity contribution in [2.75, 3.05) is 0 Å². The number of rotatable bonds is 2. The van der Waals surface area contributed by atoms with Crippen molar-refractivity contribution in [3.63, 3.8) is 0 Å². The molecule has 1 aliphatic rings. The van der Waals surface area contributed by atoms with Crippen LogP contribution in [0.3, 0.4) is 0 Å². The van der Waals surface area contributed by atoms with Gasteiger partial charge in [0.1, 0.15) is 12.0 Å². The highest BCUT2D eigenvalue weighted by Crippen LogP contribution is 2.30. The van der Waals surface area contributed by atoms with Crippen LogP contribution in [0.2, 0.25) is 0 Å². The molecule has 1 rings (SSSR count). The van der Waals surface area contributed by atoms with Gasteiger partial charge in [-0.25, -0.2) is 0 Å². The molecule has 0 aromatic heterocycles. The highest BCUT2D eigenvalue weighted by Gasteiger charge is 2.48. The molecule has 58 valence electrons. The second kappa shape index (κ2) is 2.93. The van der Waals surface area contributed by atoms with Gasteiger partial charge in [-0.2, -0.15) is 0 Å². The average Bonchev–Trinajstić information content (AvgIpc) is 2.01. The molecule has 1 aliphatic carbocycles. The first kappa shape index (κ1) is 8.08. The van der Waals surface area contributed by atoms with Crippen LogP contribution in [0.25, 0.3) is 0 Å². The van der Waals surface area contributed by atoms with Crippen molar-refractivity contribution in [1.82, 2.24) is 0 Å². The number of aliphatic hydroxyl groups is 1. The molecule has 2 unspecified atom stereocenters. The van der Waals surface area contributed by atoms with Gasteiger partial charge in [-0.15, -0.1) is 6.58 Å². The molecule has 1 N–H and O–H groups in total. The van der Waals surface area contributed by atoms with E-state index in [1.165, 1.54) is 6.08 Å². The Labute approximate surface area is 66.2 Å². The Balaban J connectivity index is 2.71. The Morgan fingerprint density at radius 1 is 1.73 bits per heavy atom. The van der Waals surface area contributed by atoms with Crippen molar-refractivity contribution in [3.05, 3.63) is 30.7 Å². The normalized spacial score (nSPS) is 33.3. The highest BCUT2D eigenvalue weighted by molar-refractivity contribution is 6.07. The van der Waals surface area contributed by atoms with E-state index in [0.29, 0.717) is 5.57 Å². The molecule has 0 amide bonds. The number of carbonyl (C=O) groups is 1. The molecule has 1 fully saturated rings. The molecule has 2 heteroatoms. The number of carbonyl (C=O) groups excluding carboxylic acids is 1. The van der Waals surface area contributed by atoms with E-state index in [2.05, 4.69) is 6.58 Å². The lowest BCUT2D eigenvalue weighted by atomic mass is 9.75. The van der Waals surface area contributed by atoms with Crippen LogP contribution >= 0.6 is 0 Å². The second-order valence-corrected chi connectivity index (χ2v) is 2.53. The molecule has 11 heavy (non-hydrogen) atoms. The Kier molecular flexibility index (Phi) is 2.15. The fourth-order valence-electron chi connectivity index (χ4n) is 1.18. The molecule has 2 atom stereocenters. The maximum Gasteiger partial charge on any atom is 0.253 e. The highest BCUT2D eigenvalue weighted by atomic mass is 16.3. The van der Waals surface area contributed by atoms with Crippen LogP contribution in [-0.4, -0.2) is 17.0 Å². The van der Waals surface area contributed by atoms with Crippen LogP contribution in [0.15, 0.2) is 24.3 Å². The van der Waals surface area contributed by atoms with E-state index in [1.807, 2.05) is 6.92 Å². The van der Waals surface area contributed by atoms with Gasteiger partial charge in [0.2, 0.25) is 0 Å². The summed E-state index contributed by atoms with van der Waals surface area (Å²) in [7, 11) is 0. The summed E-state index contributed by atoms with van der Waals surface area (Å²) in [4.78, 5) is 11.1. The zero-order valence-corrected chi connectivity index (χ0v) is 6.45. The average molecular weight is 151 g/mol. The maximum absolute atomic E-state index is 11.1. The topological polar surface area (TPSA) is 37.3 Å². The smallest absolute Gasteiger partial charge is 0.253 e. The predicted octanol–water partition coefficient (Wildman–Crippen LogP) is 0.883. The van der Waals surface area contributed by atoms with Gasteiger partial charge >= 0.3 is 0 Å². The molecular formula is C9H11O2+. The fourth-order valence-corrected chi connectivity index (χ4v) is 1.18. The van der Waals surface area contributed by atoms with Gasteiger partial charge in [0.25, 0.3) is 5.78 Å². The number of ketones is 1. The van der Waals surface area contributed by atoms with Crippen LogP contribution in [-0.2, 0) is 4.79 Å². The number of hydrogen-bond donors (Lipinski definition) is 1. The summed E-state index contributed by atoms with van der Waals surface area (Å²) in [6.45, 7) is 5.27. The summed E-state index contributed by atoms with van der Waals surface area (Å²) in [5.74, 6) is -0.383. The third kappa shape index (κ3) is 1.10. The van der Waals surface area contributed by atoms with E-state index in [1.54, 1.807) is 12.5 Å². The van der Waals surface area contributed by atoms with Crippen LogP contribution in [0.5, 0.6) is 0 Å². The number of allylic oxidation sites excluding steroid dienone is 1. The Morgan fingerprint density at radius 3 is 2.73 bits per heavy atom. The molecule has 2 nitrogen and oxygen atoms in total. The second-order valence-electron chi connectivity index (χ2n) is 2.53. The molecule has 1 saturated carbocycles. The molecule has 0 spiro atoms. The van der Waals surface area contributed by atoms with Crippen molar-refractivity contribution in [1.29, 1.82) is 0 Å². The third-order valence-electron chi connectivity index (χ3n) is 1.85. The van der Waals surface area contributed by atoms with Crippen LogP contribution in [0.4, 0.5) is 0 Å². The zero-order chi connectivity index (χ0) is 8.43. The third-order valence-corrected chi connectivity index (χ3v) is 1.85. The van der Waals surface area contributed by atoms with E-state index < -0.39 is 6.10 Å². The first-order valence-electron chi connectivity index (χ1n) is 3.56. The van der Waals surface area contributed by atoms with E-state index in [0.717, 1.165) is 0 Å². The molecule has 0 heterocycles. The molecule has 0 bridgehead atoms. The molecule has 0 radical (unpaired) electrons. The summed E-state index contributed by atoms with van der Waals surface area (Å²) in [6.07, 6.45) is 4.25. The minimum atomic E-state index is -0.629. The van der Waals surface area contributed by atoms with Crippen LogP contribution in [0.1, 0.15) is 6.92 Å². The van der Waals surface area contributed by atoms with Gasteiger partial charge < -0.3 is 5.11 Å². The summed E-state index contributed by atoms with van der Waals surface area (Å²) in [5.41, 5.74) is 0.498. The van der Waals surface area contributed by atoms with E-state index in [9.17, 15) is 9.90 Å². The quantitative estimate of drug-likeness (QED) is 0.361. The SMILES string of the molecule is C=CC1C(=O)C(=C[CH+]C)C1O. The lowest BCUT2D eigenvalue weighted by Crippen LogP contribution is -2.43. The number of aliphatic hydroxyl groups excluding tert-OH is 1. The van der Waals surface area contributed by atoms with Crippen molar-refractivity contribution >= 4 is 5.78 Å². The molecule has 0 aliphatic heterocycles. The summed E-state index contributed by atoms with van der Waals surface area (Å²) < 4.78 is 0. The van der Waals surface area contributed by atoms with Crippen molar-refractivity contribution < 1.29 is 9.90 Å². The van der Waals surface area contributed by atoms with Gasteiger partial charge in [0, 0.05) is 13.3 Å². The predicted molar refractivity (Wildman–Crippen MR) is 42.8 cm³/mol. The van der Waals surface area contributed by atoms with Crippen molar-refractivity contribution in [2.24, 2.45) is 5.92 Å². The lowest BCUT2D eigenvalue weighted by Gasteiger charge is -2.24. The van der Waals surface area contributed by atoms with Gasteiger partial charge in [-0.1, -0.05) is 6.08 Å². The summed E-state index contributed by atoms with van der Waals surface area (Å²) >= 11 is 0. The largest absolute Gasteiger partial charge is 0.369 e. The van der Waals surface area contributed by atoms with Crippen LogP contribution < -0.4 is 0 Å². The van der Waals surface area contributed by atoms with E-state index >= 15 is 0 Å². The monoisotopic (exact) mass is 151 g/mol. The summed E-state index contributed by atoms with van der Waals surface area (Å²) in [5, 5.41) is 9.29. The minimum absolute atomic E-state index is 0.00870. The lowest BCUT2D eigenvalue weighted by molar-refractivity contribution is -0.127. The standard InChI is InChI=1S/C9H11O2/c1-3-5-7-8(10)6(4-2)9(7)11/h3-6,8,10H,2H2,1H3/q+1. The maximum atomic E-state index is 11.1. The molecule has 0 aromatic rings. The zero-order valence-electron chi connectivity index (χ0n) is 6.45. The van der Waals surface area contributed by atoms with Crippen molar-refractivity contribution in [2.45, 2.75) is 13.0 Å². The molecule has 0 aromatic carbocycles. The van der Waals surface area contributed by atoms with Crippen molar-refractivity contribution in [3.8, 4) is 0 Å². The summed E-state index contributed by atoms with van der Waals surface area (Å²) in [6, 6.07) is 0. The van der Waals surface area contributed by atoms with Gasteiger partial charge in [0.15, 0.2) is 11.7 Å². The first-order valence-corrected chi connectivity index (χ1v) is 3.56. The Hall–Kier alpha value is -1.02. The number of Topliss-reactive ketones (excluding diaryl/α,β-unsaturated/α-hetero) is 1. The van der Waals surface area contributed by atoms with Crippen LogP contribution in [0, 0.1) is 12.3 Å². The van der Waals surface area contributed by atoms with Gasteiger partial charge in [-0.3, -0.25) is 4.79 Å². The van der Waals surface area contributed by atoms with Gasteiger partial charge in [0.05, 0.1) is 0 Å². The first-order chi connectivity index (χ1) is 5.22. The van der Waals surface area contributed by atoms with E-state index in [4.69, 9.17) is 0 Å². The minimum Gasteiger partial charge on any atom is -0.369 e.